The summed E-state index contributed by atoms with van der Waals surface area (Å²) in [4.78, 5) is 32.7. The lowest BCUT2D eigenvalue weighted by atomic mass is 9.91. The number of ether oxygens (including phenoxy) is 1. The Morgan fingerprint density at radius 3 is 2.38 bits per heavy atom. The number of piperidine rings is 2. The van der Waals surface area contributed by atoms with Crippen LogP contribution < -0.4 is 0 Å². The van der Waals surface area contributed by atoms with Gasteiger partial charge in [-0.3, -0.25) is 9.59 Å². The molecule has 0 aliphatic carbocycles. The Kier molecular flexibility index (Phi) is 6.29. The third-order valence-corrected chi connectivity index (χ3v) is 5.75. The van der Waals surface area contributed by atoms with E-state index in [0.29, 0.717) is 25.6 Å². The Hall–Kier alpha value is -1.89. The first kappa shape index (κ1) is 18.9. The van der Waals surface area contributed by atoms with E-state index in [1.165, 1.54) is 0 Å². The van der Waals surface area contributed by atoms with Gasteiger partial charge in [-0.25, -0.2) is 4.98 Å². The van der Waals surface area contributed by atoms with Crippen molar-refractivity contribution in [3.8, 4) is 0 Å². The van der Waals surface area contributed by atoms with Gasteiger partial charge in [0, 0.05) is 71.0 Å². The number of likely N-dealkylation sites (tertiary alicyclic amines) is 2. The van der Waals surface area contributed by atoms with Crippen LogP contribution in [0.4, 0.5) is 0 Å². The largest absolute Gasteiger partial charge is 0.383 e. The monoisotopic (exact) mass is 362 g/mol. The predicted molar refractivity (Wildman–Crippen MR) is 97.6 cm³/mol. The third kappa shape index (κ3) is 4.26. The molecule has 0 radical (unpaired) electrons. The zero-order chi connectivity index (χ0) is 18.5. The smallest absolute Gasteiger partial charge is 0.225 e. The average molecular weight is 362 g/mol. The van der Waals surface area contributed by atoms with Crippen molar-refractivity contribution in [3.63, 3.8) is 0 Å². The van der Waals surface area contributed by atoms with Crippen molar-refractivity contribution in [2.45, 2.75) is 45.1 Å². The van der Waals surface area contributed by atoms with Gasteiger partial charge in [0.15, 0.2) is 0 Å². The number of rotatable bonds is 5. The van der Waals surface area contributed by atoms with E-state index in [4.69, 9.17) is 4.74 Å². The molecule has 0 aromatic carbocycles. The summed E-state index contributed by atoms with van der Waals surface area (Å²) in [5.41, 5.74) is 0. The highest BCUT2D eigenvalue weighted by molar-refractivity contribution is 5.79. The summed E-state index contributed by atoms with van der Waals surface area (Å²) in [7, 11) is 1.71. The van der Waals surface area contributed by atoms with E-state index in [2.05, 4.69) is 9.55 Å². The van der Waals surface area contributed by atoms with Crippen LogP contribution in [0.15, 0.2) is 12.4 Å². The maximum atomic E-state index is 12.8. The van der Waals surface area contributed by atoms with Gasteiger partial charge in [-0.1, -0.05) is 0 Å². The fourth-order valence-electron chi connectivity index (χ4n) is 4.12. The summed E-state index contributed by atoms with van der Waals surface area (Å²) >= 11 is 0. The molecule has 2 amide bonds. The first-order valence-electron chi connectivity index (χ1n) is 9.64. The van der Waals surface area contributed by atoms with Crippen LogP contribution in [0, 0.1) is 5.92 Å². The normalized spacial score (nSPS) is 19.8. The van der Waals surface area contributed by atoms with E-state index in [-0.39, 0.29) is 17.7 Å². The van der Waals surface area contributed by atoms with Gasteiger partial charge >= 0.3 is 0 Å². The van der Waals surface area contributed by atoms with Crippen LogP contribution in [0.3, 0.4) is 0 Å². The molecule has 3 rings (SSSR count). The zero-order valence-electron chi connectivity index (χ0n) is 15.9. The molecule has 7 nitrogen and oxygen atoms in total. The fourth-order valence-corrected chi connectivity index (χ4v) is 4.12. The fraction of sp³-hybridized carbons (Fsp3) is 0.737. The van der Waals surface area contributed by atoms with Gasteiger partial charge in [0.2, 0.25) is 11.8 Å². The van der Waals surface area contributed by atoms with Crippen LogP contribution in [0.1, 0.15) is 44.3 Å². The lowest BCUT2D eigenvalue weighted by Gasteiger charge is -2.37. The Morgan fingerprint density at radius 2 is 1.77 bits per heavy atom. The summed E-state index contributed by atoms with van der Waals surface area (Å²) in [5, 5.41) is 0. The Morgan fingerprint density at radius 1 is 1.12 bits per heavy atom. The van der Waals surface area contributed by atoms with E-state index >= 15 is 0 Å². The van der Waals surface area contributed by atoms with Crippen molar-refractivity contribution in [2.24, 2.45) is 5.92 Å². The quantitative estimate of drug-likeness (QED) is 0.796. The van der Waals surface area contributed by atoms with Crippen molar-refractivity contribution in [3.05, 3.63) is 18.2 Å². The van der Waals surface area contributed by atoms with Gasteiger partial charge in [0.25, 0.3) is 0 Å². The van der Waals surface area contributed by atoms with Gasteiger partial charge < -0.3 is 19.1 Å². The number of hydrogen-bond acceptors (Lipinski definition) is 4. The molecular formula is C19H30N4O3. The summed E-state index contributed by atoms with van der Waals surface area (Å²) in [5.74, 6) is 1.98. The molecule has 2 fully saturated rings. The second-order valence-corrected chi connectivity index (χ2v) is 7.35. The van der Waals surface area contributed by atoms with E-state index in [9.17, 15) is 9.59 Å². The lowest BCUT2D eigenvalue weighted by Crippen LogP contribution is -2.46. The minimum absolute atomic E-state index is 0.0749. The molecule has 144 valence electrons. The molecule has 1 aromatic rings. The van der Waals surface area contributed by atoms with Crippen LogP contribution in [-0.2, 0) is 20.9 Å². The summed E-state index contributed by atoms with van der Waals surface area (Å²) in [6.07, 6.45) is 7.36. The molecule has 2 aliphatic heterocycles. The molecule has 26 heavy (non-hydrogen) atoms. The molecule has 3 heterocycles. The molecule has 0 saturated carbocycles. The second kappa shape index (κ2) is 8.66. The van der Waals surface area contributed by atoms with Gasteiger partial charge in [0.05, 0.1) is 6.61 Å². The summed E-state index contributed by atoms with van der Waals surface area (Å²) in [6, 6.07) is 0. The number of amides is 2. The lowest BCUT2D eigenvalue weighted by molar-refractivity contribution is -0.140. The van der Waals surface area contributed by atoms with Crippen LogP contribution >= 0.6 is 0 Å². The highest BCUT2D eigenvalue weighted by atomic mass is 16.5. The van der Waals surface area contributed by atoms with Crippen molar-refractivity contribution in [1.29, 1.82) is 0 Å². The van der Waals surface area contributed by atoms with Gasteiger partial charge in [-0.05, 0) is 25.7 Å². The SMILES string of the molecule is COCCn1ccnc1C1CCN(C(=O)C2CCN(C(C)=O)CC2)CC1. The molecule has 1 aromatic heterocycles. The standard InChI is InChI=1S/C19H30N4O3/c1-15(24)21-8-5-17(6-9-21)19(25)23-10-3-16(4-11-23)18-20-7-12-22(18)13-14-26-2/h7,12,16-17H,3-6,8-11,13-14H2,1-2H3. The molecule has 2 saturated heterocycles. The Bertz CT molecular complexity index is 614. The van der Waals surface area contributed by atoms with Crippen LogP contribution in [0.5, 0.6) is 0 Å². The van der Waals surface area contributed by atoms with Crippen LogP contribution in [0.2, 0.25) is 0 Å². The van der Waals surface area contributed by atoms with Crippen molar-refractivity contribution >= 4 is 11.8 Å². The topological polar surface area (TPSA) is 67.7 Å². The highest BCUT2D eigenvalue weighted by Crippen LogP contribution is 2.29. The van der Waals surface area contributed by atoms with Gasteiger partial charge in [0.1, 0.15) is 5.82 Å². The summed E-state index contributed by atoms with van der Waals surface area (Å²) < 4.78 is 7.34. The van der Waals surface area contributed by atoms with Gasteiger partial charge in [-0.15, -0.1) is 0 Å². The molecule has 0 N–H and O–H groups in total. The number of carbonyl (C=O) groups excluding carboxylic acids is 2. The van der Waals surface area contributed by atoms with Crippen LogP contribution in [-0.4, -0.2) is 71.1 Å². The van der Waals surface area contributed by atoms with Crippen molar-refractivity contribution < 1.29 is 14.3 Å². The molecule has 2 aliphatic rings. The second-order valence-electron chi connectivity index (χ2n) is 7.35. The number of hydrogen-bond donors (Lipinski definition) is 0. The first-order valence-corrected chi connectivity index (χ1v) is 9.64. The first-order chi connectivity index (χ1) is 12.6. The Labute approximate surface area is 155 Å². The third-order valence-electron chi connectivity index (χ3n) is 5.75. The molecular weight excluding hydrogens is 332 g/mol. The van der Waals surface area contributed by atoms with E-state index in [1.807, 2.05) is 22.2 Å². The number of carbonyl (C=O) groups is 2. The van der Waals surface area contributed by atoms with Crippen molar-refractivity contribution in [1.82, 2.24) is 19.4 Å². The maximum absolute atomic E-state index is 12.8. The molecule has 0 bridgehead atoms. The van der Waals surface area contributed by atoms with E-state index in [0.717, 1.165) is 51.1 Å². The number of nitrogens with zero attached hydrogens (tertiary/aromatic N) is 4. The number of methoxy groups -OCH3 is 1. The Balaban J connectivity index is 1.50. The minimum atomic E-state index is 0.0749. The van der Waals surface area contributed by atoms with E-state index < -0.39 is 0 Å². The van der Waals surface area contributed by atoms with E-state index in [1.54, 1.807) is 14.0 Å². The number of imidazole rings is 1. The molecule has 0 unspecified atom stereocenters. The summed E-state index contributed by atoms with van der Waals surface area (Å²) in [6.45, 7) is 6.11. The van der Waals surface area contributed by atoms with Crippen LogP contribution in [0.25, 0.3) is 0 Å². The highest BCUT2D eigenvalue weighted by Gasteiger charge is 2.32. The minimum Gasteiger partial charge on any atom is -0.383 e. The molecule has 7 heteroatoms. The average Bonchev–Trinajstić information content (AvgIpc) is 3.14. The molecule has 0 spiro atoms. The predicted octanol–water partition coefficient (Wildman–Crippen LogP) is 1.49. The molecule has 0 atom stereocenters. The van der Waals surface area contributed by atoms with Gasteiger partial charge in [-0.2, -0.15) is 0 Å². The van der Waals surface area contributed by atoms with Crippen molar-refractivity contribution in [2.75, 3.05) is 39.9 Å². The number of aromatic nitrogens is 2. The zero-order valence-corrected chi connectivity index (χ0v) is 15.9. The maximum Gasteiger partial charge on any atom is 0.225 e.